The molecule has 1 aromatic carbocycles. The molecule has 2 aliphatic rings. The van der Waals surface area contributed by atoms with E-state index in [1.54, 1.807) is 12.1 Å². The van der Waals surface area contributed by atoms with E-state index in [1.807, 2.05) is 0 Å². The monoisotopic (exact) mass is 390 g/mol. The van der Waals surface area contributed by atoms with Gasteiger partial charge < -0.3 is 0 Å². The van der Waals surface area contributed by atoms with Gasteiger partial charge in [-0.2, -0.15) is 5.10 Å². The summed E-state index contributed by atoms with van der Waals surface area (Å²) in [5.74, 6) is 0.487. The van der Waals surface area contributed by atoms with E-state index in [-0.39, 0.29) is 0 Å². The molecule has 0 saturated heterocycles. The molecule has 26 heavy (non-hydrogen) atoms. The predicted molar refractivity (Wildman–Crippen MR) is 110 cm³/mol. The molecule has 2 N–H and O–H groups in total. The SMILES string of the molecule is CN(C)SNC1CCC(c2[nH]nc(-c3ccc4c(c3)CCC4)c2Cl)CC1. The highest BCUT2D eigenvalue weighted by Crippen LogP contribution is 2.40. The van der Waals surface area contributed by atoms with Crippen LogP contribution >= 0.6 is 23.7 Å². The first-order valence-corrected chi connectivity index (χ1v) is 10.7. The van der Waals surface area contributed by atoms with Gasteiger partial charge in [-0.25, -0.2) is 9.03 Å². The topological polar surface area (TPSA) is 44.0 Å². The maximum atomic E-state index is 6.76. The summed E-state index contributed by atoms with van der Waals surface area (Å²) in [6.45, 7) is 0. The summed E-state index contributed by atoms with van der Waals surface area (Å²) < 4.78 is 5.64. The average Bonchev–Trinajstić information content (AvgIpc) is 3.26. The van der Waals surface area contributed by atoms with Gasteiger partial charge in [-0.1, -0.05) is 23.7 Å². The highest BCUT2D eigenvalue weighted by Gasteiger charge is 2.27. The Bertz CT molecular complexity index is 765. The van der Waals surface area contributed by atoms with Crippen LogP contribution in [0.1, 0.15) is 54.8 Å². The Morgan fingerprint density at radius 1 is 1.15 bits per heavy atom. The van der Waals surface area contributed by atoms with Crippen LogP contribution in [0.3, 0.4) is 0 Å². The zero-order chi connectivity index (χ0) is 18.1. The summed E-state index contributed by atoms with van der Waals surface area (Å²) in [6, 6.07) is 7.29. The summed E-state index contributed by atoms with van der Waals surface area (Å²) in [5.41, 5.74) is 6.15. The molecule has 1 fully saturated rings. The van der Waals surface area contributed by atoms with Gasteiger partial charge in [-0.15, -0.1) is 0 Å². The Balaban J connectivity index is 1.45. The molecule has 0 unspecified atom stereocenters. The van der Waals surface area contributed by atoms with Crippen LogP contribution in [0.4, 0.5) is 0 Å². The van der Waals surface area contributed by atoms with Gasteiger partial charge in [-0.05, 0) is 76.2 Å². The maximum Gasteiger partial charge on any atom is 0.111 e. The van der Waals surface area contributed by atoms with E-state index < -0.39 is 0 Å². The molecule has 0 spiro atoms. The molecule has 6 heteroatoms. The summed E-state index contributed by atoms with van der Waals surface area (Å²) >= 11 is 8.45. The van der Waals surface area contributed by atoms with E-state index in [2.05, 4.69) is 51.5 Å². The fraction of sp³-hybridized carbons (Fsp3) is 0.550. The summed E-state index contributed by atoms with van der Waals surface area (Å²) in [4.78, 5) is 0. The second kappa shape index (κ2) is 7.93. The highest BCUT2D eigenvalue weighted by molar-refractivity contribution is 7.95. The minimum atomic E-state index is 0.487. The van der Waals surface area contributed by atoms with Crippen molar-refractivity contribution in [3.8, 4) is 11.3 Å². The number of rotatable bonds is 5. The molecular formula is C20H27ClN4S. The molecule has 0 bridgehead atoms. The van der Waals surface area contributed by atoms with E-state index in [0.29, 0.717) is 12.0 Å². The van der Waals surface area contributed by atoms with Crippen molar-refractivity contribution in [1.29, 1.82) is 0 Å². The lowest BCUT2D eigenvalue weighted by Gasteiger charge is -2.29. The van der Waals surface area contributed by atoms with Crippen molar-refractivity contribution in [2.24, 2.45) is 0 Å². The van der Waals surface area contributed by atoms with Crippen LogP contribution in [0, 0.1) is 0 Å². The lowest BCUT2D eigenvalue weighted by atomic mass is 9.84. The fourth-order valence-corrected chi connectivity index (χ4v) is 5.15. The van der Waals surface area contributed by atoms with Gasteiger partial charge in [-0.3, -0.25) is 5.10 Å². The van der Waals surface area contributed by atoms with Crippen molar-refractivity contribution in [3.05, 3.63) is 40.0 Å². The van der Waals surface area contributed by atoms with Crippen LogP contribution in [0.2, 0.25) is 5.02 Å². The minimum Gasteiger partial charge on any atom is -0.280 e. The van der Waals surface area contributed by atoms with Crippen LogP contribution < -0.4 is 4.72 Å². The second-order valence-corrected chi connectivity index (χ2v) is 9.23. The number of fused-ring (bicyclic) bond motifs is 1. The number of benzene rings is 1. The van der Waals surface area contributed by atoms with Crippen molar-refractivity contribution in [1.82, 2.24) is 19.2 Å². The lowest BCUT2D eigenvalue weighted by Crippen LogP contribution is -2.30. The van der Waals surface area contributed by atoms with Crippen molar-refractivity contribution in [2.75, 3.05) is 14.1 Å². The van der Waals surface area contributed by atoms with E-state index >= 15 is 0 Å². The average molecular weight is 391 g/mol. The van der Waals surface area contributed by atoms with Gasteiger partial charge >= 0.3 is 0 Å². The molecule has 0 aliphatic heterocycles. The molecular weight excluding hydrogens is 364 g/mol. The van der Waals surface area contributed by atoms with Gasteiger partial charge in [0.1, 0.15) is 5.69 Å². The number of nitrogens with zero attached hydrogens (tertiary/aromatic N) is 2. The number of aryl methyl sites for hydroxylation is 2. The standard InChI is InChI=1S/C20H27ClN4S/c1-25(2)26-24-17-10-8-14(9-11-17)19-18(21)20(23-22-19)16-7-6-13-4-3-5-15(13)12-16/h6-7,12,14,17,24H,3-5,8-11H2,1-2H3,(H,22,23). The maximum absolute atomic E-state index is 6.76. The molecule has 4 nitrogen and oxygen atoms in total. The molecule has 1 saturated carbocycles. The Morgan fingerprint density at radius 3 is 2.69 bits per heavy atom. The Labute approximate surface area is 165 Å². The third kappa shape index (κ3) is 3.81. The number of hydrogen-bond acceptors (Lipinski definition) is 4. The summed E-state index contributed by atoms with van der Waals surface area (Å²) in [6.07, 6.45) is 8.30. The number of halogens is 1. The van der Waals surface area contributed by atoms with Crippen LogP contribution in [0.5, 0.6) is 0 Å². The van der Waals surface area contributed by atoms with E-state index in [0.717, 1.165) is 34.8 Å². The van der Waals surface area contributed by atoms with Gasteiger partial charge in [0.15, 0.2) is 0 Å². The quantitative estimate of drug-likeness (QED) is 0.708. The number of aromatic amines is 1. The van der Waals surface area contributed by atoms with Gasteiger partial charge in [0.05, 0.1) is 10.7 Å². The van der Waals surface area contributed by atoms with Crippen molar-refractivity contribution in [2.45, 2.75) is 56.9 Å². The van der Waals surface area contributed by atoms with Crippen molar-refractivity contribution < 1.29 is 0 Å². The first kappa shape index (κ1) is 18.4. The summed E-state index contributed by atoms with van der Waals surface area (Å²) in [7, 11) is 4.13. The number of hydrogen-bond donors (Lipinski definition) is 2. The minimum absolute atomic E-state index is 0.487. The van der Waals surface area contributed by atoms with Crippen molar-refractivity contribution in [3.63, 3.8) is 0 Å². The predicted octanol–water partition coefficient (Wildman–Crippen LogP) is 4.96. The van der Waals surface area contributed by atoms with Gasteiger partial charge in [0.2, 0.25) is 0 Å². The zero-order valence-corrected chi connectivity index (χ0v) is 17.1. The van der Waals surface area contributed by atoms with Crippen LogP contribution in [-0.4, -0.2) is 34.6 Å². The molecule has 1 aromatic heterocycles. The van der Waals surface area contributed by atoms with E-state index in [9.17, 15) is 0 Å². The highest BCUT2D eigenvalue weighted by atomic mass is 35.5. The number of aromatic nitrogens is 2. The smallest absolute Gasteiger partial charge is 0.111 e. The fourth-order valence-electron chi connectivity index (χ4n) is 4.20. The molecule has 0 radical (unpaired) electrons. The van der Waals surface area contributed by atoms with Crippen LogP contribution in [0.15, 0.2) is 18.2 Å². The first-order valence-electron chi connectivity index (χ1n) is 9.57. The van der Waals surface area contributed by atoms with Gasteiger partial charge in [0, 0.05) is 29.7 Å². The Kier molecular flexibility index (Phi) is 5.60. The molecule has 2 aromatic rings. The number of nitrogens with one attached hydrogen (secondary N) is 2. The normalized spacial score (nSPS) is 22.8. The summed E-state index contributed by atoms with van der Waals surface area (Å²) in [5, 5.41) is 8.66. The number of H-pyrrole nitrogens is 1. The molecule has 140 valence electrons. The third-order valence-corrected chi connectivity index (χ3v) is 6.83. The Morgan fingerprint density at radius 2 is 1.92 bits per heavy atom. The molecule has 0 amide bonds. The van der Waals surface area contributed by atoms with Crippen molar-refractivity contribution >= 4 is 23.7 Å². The molecule has 2 aliphatic carbocycles. The van der Waals surface area contributed by atoms with Gasteiger partial charge in [0.25, 0.3) is 0 Å². The largest absolute Gasteiger partial charge is 0.280 e. The Hall–Kier alpha value is -1.01. The van der Waals surface area contributed by atoms with E-state index in [4.69, 9.17) is 11.6 Å². The molecule has 1 heterocycles. The van der Waals surface area contributed by atoms with E-state index in [1.165, 1.54) is 43.2 Å². The van der Waals surface area contributed by atoms with Crippen LogP contribution in [-0.2, 0) is 12.8 Å². The molecule has 0 atom stereocenters. The lowest BCUT2D eigenvalue weighted by molar-refractivity contribution is 0.375. The third-order valence-electron chi connectivity index (χ3n) is 5.64. The molecule has 4 rings (SSSR count). The first-order chi connectivity index (χ1) is 12.6. The second-order valence-electron chi connectivity index (χ2n) is 7.71. The van der Waals surface area contributed by atoms with Crippen LogP contribution in [0.25, 0.3) is 11.3 Å². The zero-order valence-electron chi connectivity index (χ0n) is 15.5.